The van der Waals surface area contributed by atoms with E-state index in [0.717, 1.165) is 12.2 Å². The standard InChI is InChI=1S/C11H15N3O/c1-8-5-11(15)14(6-8)7-9-3-2-4-10(12)13-9/h2-4,8H,5-7H2,1H3,(H2,12,13). The first-order valence-corrected chi connectivity index (χ1v) is 5.14. The number of nitrogens with two attached hydrogens (primary N) is 1. The molecule has 0 bridgehead atoms. The fourth-order valence-electron chi connectivity index (χ4n) is 1.90. The first-order chi connectivity index (χ1) is 7.15. The maximum Gasteiger partial charge on any atom is 0.223 e. The van der Waals surface area contributed by atoms with Gasteiger partial charge in [-0.15, -0.1) is 0 Å². The minimum absolute atomic E-state index is 0.215. The number of pyridine rings is 1. The van der Waals surface area contributed by atoms with E-state index in [2.05, 4.69) is 11.9 Å². The van der Waals surface area contributed by atoms with Crippen molar-refractivity contribution in [3.8, 4) is 0 Å². The number of carbonyl (C=O) groups excluding carboxylic acids is 1. The molecule has 15 heavy (non-hydrogen) atoms. The van der Waals surface area contributed by atoms with Crippen LogP contribution in [0.25, 0.3) is 0 Å². The summed E-state index contributed by atoms with van der Waals surface area (Å²) in [5, 5.41) is 0. The molecule has 2 heterocycles. The van der Waals surface area contributed by atoms with Gasteiger partial charge in [-0.1, -0.05) is 13.0 Å². The van der Waals surface area contributed by atoms with Gasteiger partial charge in [0, 0.05) is 13.0 Å². The lowest BCUT2D eigenvalue weighted by Crippen LogP contribution is -2.25. The summed E-state index contributed by atoms with van der Waals surface area (Å²) in [6, 6.07) is 5.51. The highest BCUT2D eigenvalue weighted by molar-refractivity contribution is 5.78. The topological polar surface area (TPSA) is 59.2 Å². The number of hydrogen-bond acceptors (Lipinski definition) is 3. The smallest absolute Gasteiger partial charge is 0.223 e. The van der Waals surface area contributed by atoms with Crippen molar-refractivity contribution < 1.29 is 4.79 Å². The number of hydrogen-bond donors (Lipinski definition) is 1. The van der Waals surface area contributed by atoms with Crippen LogP contribution in [0.4, 0.5) is 5.82 Å². The van der Waals surface area contributed by atoms with E-state index < -0.39 is 0 Å². The van der Waals surface area contributed by atoms with Crippen molar-refractivity contribution in [3.63, 3.8) is 0 Å². The molecule has 80 valence electrons. The van der Waals surface area contributed by atoms with Crippen LogP contribution >= 0.6 is 0 Å². The first kappa shape index (κ1) is 9.96. The van der Waals surface area contributed by atoms with Gasteiger partial charge in [0.15, 0.2) is 0 Å². The minimum atomic E-state index is 0.215. The lowest BCUT2D eigenvalue weighted by atomic mass is 10.2. The summed E-state index contributed by atoms with van der Waals surface area (Å²) in [6.07, 6.45) is 0.655. The maximum atomic E-state index is 11.5. The third-order valence-electron chi connectivity index (χ3n) is 2.59. The molecule has 0 aliphatic carbocycles. The van der Waals surface area contributed by atoms with Crippen molar-refractivity contribution in [2.24, 2.45) is 5.92 Å². The van der Waals surface area contributed by atoms with Gasteiger partial charge in [-0.05, 0) is 18.1 Å². The molecule has 1 aromatic heterocycles. The van der Waals surface area contributed by atoms with Gasteiger partial charge >= 0.3 is 0 Å². The molecule has 1 aliphatic rings. The molecular formula is C11H15N3O. The molecule has 0 spiro atoms. The van der Waals surface area contributed by atoms with E-state index in [1.807, 2.05) is 17.0 Å². The summed E-state index contributed by atoms with van der Waals surface area (Å²) in [4.78, 5) is 17.6. The average molecular weight is 205 g/mol. The van der Waals surface area contributed by atoms with Gasteiger partial charge in [0.05, 0.1) is 12.2 Å². The highest BCUT2D eigenvalue weighted by atomic mass is 16.2. The Hall–Kier alpha value is -1.58. The third-order valence-corrected chi connectivity index (χ3v) is 2.59. The number of nitrogen functional groups attached to an aromatic ring is 1. The average Bonchev–Trinajstić information content (AvgIpc) is 2.45. The zero-order valence-corrected chi connectivity index (χ0v) is 8.81. The Kier molecular flexibility index (Phi) is 2.58. The van der Waals surface area contributed by atoms with Crippen LogP contribution in [0.15, 0.2) is 18.2 Å². The van der Waals surface area contributed by atoms with E-state index in [1.54, 1.807) is 6.07 Å². The maximum absolute atomic E-state index is 11.5. The van der Waals surface area contributed by atoms with Crippen molar-refractivity contribution in [1.82, 2.24) is 9.88 Å². The van der Waals surface area contributed by atoms with E-state index >= 15 is 0 Å². The number of rotatable bonds is 2. The Morgan fingerprint density at radius 2 is 2.40 bits per heavy atom. The molecule has 2 N–H and O–H groups in total. The number of amides is 1. The first-order valence-electron chi connectivity index (χ1n) is 5.14. The second-order valence-corrected chi connectivity index (χ2v) is 4.14. The number of anilines is 1. The monoisotopic (exact) mass is 205 g/mol. The van der Waals surface area contributed by atoms with E-state index in [-0.39, 0.29) is 5.91 Å². The van der Waals surface area contributed by atoms with Crippen LogP contribution in [-0.2, 0) is 11.3 Å². The van der Waals surface area contributed by atoms with Gasteiger partial charge in [0.1, 0.15) is 5.82 Å². The Balaban J connectivity index is 2.06. The van der Waals surface area contributed by atoms with Crippen molar-refractivity contribution in [2.45, 2.75) is 19.9 Å². The number of carbonyl (C=O) groups is 1. The molecule has 4 heteroatoms. The lowest BCUT2D eigenvalue weighted by Gasteiger charge is -2.15. The molecule has 0 aromatic carbocycles. The Bertz CT molecular complexity index is 378. The van der Waals surface area contributed by atoms with Crippen LogP contribution in [0.5, 0.6) is 0 Å². The van der Waals surface area contributed by atoms with Gasteiger partial charge in [-0.25, -0.2) is 4.98 Å². The van der Waals surface area contributed by atoms with Gasteiger partial charge in [-0.2, -0.15) is 0 Å². The quantitative estimate of drug-likeness (QED) is 0.784. The van der Waals surface area contributed by atoms with E-state index in [4.69, 9.17) is 5.73 Å². The van der Waals surface area contributed by atoms with Crippen LogP contribution in [0, 0.1) is 5.92 Å². The van der Waals surface area contributed by atoms with Crippen LogP contribution in [-0.4, -0.2) is 22.3 Å². The summed E-state index contributed by atoms with van der Waals surface area (Å²) >= 11 is 0. The molecule has 1 aromatic rings. The molecule has 1 atom stereocenters. The summed E-state index contributed by atoms with van der Waals surface area (Å²) in [5.41, 5.74) is 6.44. The van der Waals surface area contributed by atoms with Gasteiger partial charge < -0.3 is 10.6 Å². The molecule has 0 radical (unpaired) electrons. The molecule has 2 rings (SSSR count). The summed E-state index contributed by atoms with van der Waals surface area (Å²) in [5.74, 6) is 1.18. The van der Waals surface area contributed by atoms with Gasteiger partial charge in [0.2, 0.25) is 5.91 Å². The largest absolute Gasteiger partial charge is 0.384 e. The van der Waals surface area contributed by atoms with Gasteiger partial charge in [0.25, 0.3) is 0 Å². The highest BCUT2D eigenvalue weighted by Crippen LogP contribution is 2.18. The number of aromatic nitrogens is 1. The second-order valence-electron chi connectivity index (χ2n) is 4.14. The van der Waals surface area contributed by atoms with Crippen LogP contribution in [0.1, 0.15) is 19.0 Å². The molecule has 1 unspecified atom stereocenters. The molecule has 1 saturated heterocycles. The normalized spacial score (nSPS) is 21.0. The Morgan fingerprint density at radius 3 is 3.00 bits per heavy atom. The van der Waals surface area contributed by atoms with Gasteiger partial charge in [-0.3, -0.25) is 4.79 Å². The van der Waals surface area contributed by atoms with Crippen molar-refractivity contribution >= 4 is 11.7 Å². The molecule has 1 amide bonds. The fraction of sp³-hybridized carbons (Fsp3) is 0.455. The summed E-state index contributed by atoms with van der Waals surface area (Å²) in [7, 11) is 0. The zero-order valence-electron chi connectivity index (χ0n) is 8.81. The van der Waals surface area contributed by atoms with Crippen LogP contribution in [0.2, 0.25) is 0 Å². The predicted molar refractivity (Wildman–Crippen MR) is 57.8 cm³/mol. The lowest BCUT2D eigenvalue weighted by molar-refractivity contribution is -0.128. The molecule has 0 saturated carbocycles. The number of nitrogens with zero attached hydrogens (tertiary/aromatic N) is 2. The van der Waals surface area contributed by atoms with Crippen LogP contribution < -0.4 is 5.73 Å². The summed E-state index contributed by atoms with van der Waals surface area (Å²) < 4.78 is 0. The predicted octanol–water partition coefficient (Wildman–Crippen LogP) is 1.03. The van der Waals surface area contributed by atoms with E-state index in [0.29, 0.717) is 24.7 Å². The van der Waals surface area contributed by atoms with Crippen molar-refractivity contribution in [2.75, 3.05) is 12.3 Å². The Labute approximate surface area is 89.1 Å². The summed E-state index contributed by atoms with van der Waals surface area (Å²) in [6.45, 7) is 3.49. The minimum Gasteiger partial charge on any atom is -0.384 e. The van der Waals surface area contributed by atoms with Crippen molar-refractivity contribution in [3.05, 3.63) is 23.9 Å². The Morgan fingerprint density at radius 1 is 1.60 bits per heavy atom. The van der Waals surface area contributed by atoms with E-state index in [1.165, 1.54) is 0 Å². The fourth-order valence-corrected chi connectivity index (χ4v) is 1.90. The molecule has 4 nitrogen and oxygen atoms in total. The molecule has 1 fully saturated rings. The molecular weight excluding hydrogens is 190 g/mol. The van der Waals surface area contributed by atoms with Crippen LogP contribution in [0.3, 0.4) is 0 Å². The third kappa shape index (κ3) is 2.26. The van der Waals surface area contributed by atoms with E-state index in [9.17, 15) is 4.79 Å². The zero-order chi connectivity index (χ0) is 10.8. The number of likely N-dealkylation sites (tertiary alicyclic amines) is 1. The SMILES string of the molecule is CC1CC(=O)N(Cc2cccc(N)n2)C1. The molecule has 1 aliphatic heterocycles. The second kappa shape index (κ2) is 3.88. The highest BCUT2D eigenvalue weighted by Gasteiger charge is 2.26. The van der Waals surface area contributed by atoms with Crippen molar-refractivity contribution in [1.29, 1.82) is 0 Å².